The number of carbonyl (C=O) groups is 1. The second-order valence-corrected chi connectivity index (χ2v) is 4.28. The maximum Gasteiger partial charge on any atom is 0.336 e. The van der Waals surface area contributed by atoms with Gasteiger partial charge in [0.15, 0.2) is 0 Å². The summed E-state index contributed by atoms with van der Waals surface area (Å²) in [6, 6.07) is 6.44. The first-order valence-corrected chi connectivity index (χ1v) is 5.88. The van der Waals surface area contributed by atoms with Crippen molar-refractivity contribution in [2.75, 3.05) is 0 Å². The molecule has 0 spiro atoms. The third kappa shape index (κ3) is 2.80. The molecule has 6 nitrogen and oxygen atoms in total. The third-order valence-corrected chi connectivity index (χ3v) is 2.78. The van der Waals surface area contributed by atoms with Gasteiger partial charge in [-0.25, -0.2) is 4.79 Å². The van der Waals surface area contributed by atoms with E-state index in [1.807, 2.05) is 0 Å². The highest BCUT2D eigenvalue weighted by atomic mass is 16.5. The van der Waals surface area contributed by atoms with Gasteiger partial charge in [-0.3, -0.25) is 0 Å². The van der Waals surface area contributed by atoms with Crippen LogP contribution in [-0.2, 0) is 6.61 Å². The van der Waals surface area contributed by atoms with Gasteiger partial charge in [-0.05, 0) is 18.6 Å². The third-order valence-electron chi connectivity index (χ3n) is 2.78. The molecular formula is C14H14N2O4. The molecule has 2 N–H and O–H groups in total. The molecule has 0 atom stereocenters. The van der Waals surface area contributed by atoms with Crippen LogP contribution in [0.25, 0.3) is 5.57 Å². The van der Waals surface area contributed by atoms with Crippen molar-refractivity contribution in [1.29, 1.82) is 0 Å². The van der Waals surface area contributed by atoms with Crippen molar-refractivity contribution in [1.82, 2.24) is 9.94 Å². The molecule has 0 fully saturated rings. The van der Waals surface area contributed by atoms with Gasteiger partial charge in [-0.15, -0.1) is 4.85 Å². The first kappa shape index (κ1) is 13.7. The Morgan fingerprint density at radius 3 is 2.65 bits per heavy atom. The number of hydrogen-bond acceptors (Lipinski definition) is 4. The molecule has 1 heterocycles. The van der Waals surface area contributed by atoms with Gasteiger partial charge in [0.25, 0.3) is 0 Å². The van der Waals surface area contributed by atoms with E-state index < -0.39 is 5.97 Å². The molecule has 0 aliphatic rings. The Morgan fingerprint density at radius 1 is 1.40 bits per heavy atom. The fourth-order valence-corrected chi connectivity index (χ4v) is 1.86. The lowest BCUT2D eigenvalue weighted by atomic mass is 9.97. The Bertz CT molecular complexity index is 629. The van der Waals surface area contributed by atoms with Crippen LogP contribution in [0.2, 0.25) is 0 Å². The van der Waals surface area contributed by atoms with Gasteiger partial charge < -0.3 is 15.1 Å². The number of carboxylic acids is 1. The molecular weight excluding hydrogens is 260 g/mol. The first-order valence-electron chi connectivity index (χ1n) is 5.88. The maximum absolute atomic E-state index is 11.3. The number of hydrogen-bond donors (Lipinski definition) is 2. The van der Waals surface area contributed by atoms with E-state index in [2.05, 4.69) is 11.7 Å². The Hall–Kier alpha value is -2.76. The smallest absolute Gasteiger partial charge is 0.336 e. The second kappa shape index (κ2) is 5.48. The number of rotatable bonds is 5. The molecule has 6 heteroatoms. The van der Waals surface area contributed by atoms with Crippen LogP contribution >= 0.6 is 0 Å². The van der Waals surface area contributed by atoms with Crippen molar-refractivity contribution < 1.29 is 19.8 Å². The fourth-order valence-electron chi connectivity index (χ4n) is 1.86. The summed E-state index contributed by atoms with van der Waals surface area (Å²) >= 11 is 0. The Kier molecular flexibility index (Phi) is 3.74. The quantitative estimate of drug-likeness (QED) is 0.818. The van der Waals surface area contributed by atoms with Crippen molar-refractivity contribution >= 4 is 11.5 Å². The maximum atomic E-state index is 11.3. The molecule has 20 heavy (non-hydrogen) atoms. The Labute approximate surface area is 115 Å². The van der Waals surface area contributed by atoms with Gasteiger partial charge in [0.2, 0.25) is 5.88 Å². The predicted octanol–water partition coefficient (Wildman–Crippen LogP) is 2.43. The van der Waals surface area contributed by atoms with E-state index in [-0.39, 0.29) is 18.1 Å². The highest BCUT2D eigenvalue weighted by Gasteiger charge is 2.15. The van der Waals surface area contributed by atoms with Crippen LogP contribution in [0.4, 0.5) is 0 Å². The Morgan fingerprint density at radius 2 is 2.10 bits per heavy atom. The van der Waals surface area contributed by atoms with Gasteiger partial charge in [0, 0.05) is 11.6 Å². The van der Waals surface area contributed by atoms with Crippen LogP contribution < -0.4 is 4.74 Å². The summed E-state index contributed by atoms with van der Waals surface area (Å²) in [4.78, 5) is 11.9. The van der Waals surface area contributed by atoms with E-state index in [9.17, 15) is 9.90 Å². The van der Waals surface area contributed by atoms with E-state index in [0.717, 1.165) is 11.1 Å². The standard InChI is InChI=1S/C14H14N2O4/c1-9(2)10-4-3-5-11(14(17)18)12(10)8-20-13-6-7-16(19)15-13/h3-7,19H,1,8H2,2H3,(H,17,18). The average molecular weight is 274 g/mol. The van der Waals surface area contributed by atoms with E-state index in [4.69, 9.17) is 9.94 Å². The van der Waals surface area contributed by atoms with Crippen molar-refractivity contribution in [3.8, 4) is 5.88 Å². The van der Waals surface area contributed by atoms with Gasteiger partial charge in [-0.1, -0.05) is 29.4 Å². The zero-order valence-electron chi connectivity index (χ0n) is 10.9. The molecule has 0 radical (unpaired) electrons. The molecule has 1 aromatic carbocycles. The number of allylic oxidation sites excluding steroid dienone is 1. The van der Waals surface area contributed by atoms with E-state index in [1.165, 1.54) is 18.3 Å². The van der Waals surface area contributed by atoms with E-state index in [1.54, 1.807) is 19.1 Å². The van der Waals surface area contributed by atoms with Crippen LogP contribution in [0, 0.1) is 0 Å². The Balaban J connectivity index is 2.32. The number of aromatic carboxylic acids is 1. The molecule has 2 rings (SSSR count). The molecule has 1 aromatic heterocycles. The molecule has 0 saturated heterocycles. The van der Waals surface area contributed by atoms with Crippen LogP contribution in [0.1, 0.15) is 28.4 Å². The average Bonchev–Trinajstić information content (AvgIpc) is 2.81. The lowest BCUT2D eigenvalue weighted by molar-refractivity contribution is 0.0693. The summed E-state index contributed by atoms with van der Waals surface area (Å²) < 4.78 is 5.40. The van der Waals surface area contributed by atoms with Gasteiger partial charge in [0.05, 0.1) is 11.8 Å². The lowest BCUT2D eigenvalue weighted by Gasteiger charge is -2.12. The highest BCUT2D eigenvalue weighted by molar-refractivity contribution is 5.91. The molecule has 0 bridgehead atoms. The summed E-state index contributed by atoms with van der Waals surface area (Å²) in [5, 5.41) is 21.9. The van der Waals surface area contributed by atoms with Crippen molar-refractivity contribution in [2.45, 2.75) is 13.5 Å². The molecule has 0 saturated carbocycles. The minimum absolute atomic E-state index is 0.0294. The molecule has 2 aromatic rings. The summed E-state index contributed by atoms with van der Waals surface area (Å²) in [6.45, 7) is 5.67. The number of ether oxygens (including phenoxy) is 1. The summed E-state index contributed by atoms with van der Waals surface area (Å²) in [5.74, 6) is -0.820. The molecule has 0 aliphatic carbocycles. The highest BCUT2D eigenvalue weighted by Crippen LogP contribution is 2.23. The predicted molar refractivity (Wildman–Crippen MR) is 71.9 cm³/mol. The van der Waals surface area contributed by atoms with Crippen molar-refractivity contribution in [2.24, 2.45) is 0 Å². The molecule has 104 valence electrons. The summed E-state index contributed by atoms with van der Waals surface area (Å²) in [5.41, 5.74) is 2.17. The first-order chi connectivity index (χ1) is 9.49. The second-order valence-electron chi connectivity index (χ2n) is 4.28. The van der Waals surface area contributed by atoms with Gasteiger partial charge >= 0.3 is 5.97 Å². The fraction of sp³-hybridized carbons (Fsp3) is 0.143. The topological polar surface area (TPSA) is 84.6 Å². The number of nitrogens with zero attached hydrogens (tertiary/aromatic N) is 2. The summed E-state index contributed by atoms with van der Waals surface area (Å²) in [6.07, 6.45) is 1.32. The van der Waals surface area contributed by atoms with Gasteiger partial charge in [-0.2, -0.15) is 0 Å². The molecule has 0 amide bonds. The number of aromatic nitrogens is 2. The van der Waals surface area contributed by atoms with Crippen LogP contribution in [-0.4, -0.2) is 26.2 Å². The van der Waals surface area contributed by atoms with E-state index >= 15 is 0 Å². The normalized spacial score (nSPS) is 10.2. The SMILES string of the molecule is C=C(C)c1cccc(C(=O)O)c1COc1ccn(O)n1. The van der Waals surface area contributed by atoms with Crippen molar-refractivity contribution in [3.05, 3.63) is 53.7 Å². The van der Waals surface area contributed by atoms with Crippen LogP contribution in [0.3, 0.4) is 0 Å². The van der Waals surface area contributed by atoms with Gasteiger partial charge in [0.1, 0.15) is 6.61 Å². The monoisotopic (exact) mass is 274 g/mol. The molecule has 0 aliphatic heterocycles. The number of benzene rings is 1. The zero-order valence-corrected chi connectivity index (χ0v) is 10.9. The largest absolute Gasteiger partial charge is 0.478 e. The zero-order chi connectivity index (χ0) is 14.7. The lowest BCUT2D eigenvalue weighted by Crippen LogP contribution is -2.08. The minimum atomic E-state index is -1.03. The van der Waals surface area contributed by atoms with E-state index in [0.29, 0.717) is 10.4 Å². The van der Waals surface area contributed by atoms with Crippen LogP contribution in [0.15, 0.2) is 37.0 Å². The van der Waals surface area contributed by atoms with Crippen LogP contribution in [0.5, 0.6) is 5.88 Å². The number of carboxylic acid groups (broad SMARTS) is 1. The molecule has 0 unspecified atom stereocenters. The van der Waals surface area contributed by atoms with Crippen molar-refractivity contribution in [3.63, 3.8) is 0 Å². The summed E-state index contributed by atoms with van der Waals surface area (Å²) in [7, 11) is 0. The minimum Gasteiger partial charge on any atom is -0.478 e.